The highest BCUT2D eigenvalue weighted by Gasteiger charge is 2.14. The fraction of sp³-hybridized carbons (Fsp3) is 0.263. The zero-order valence-electron chi connectivity index (χ0n) is 13.7. The van der Waals surface area contributed by atoms with Crippen molar-refractivity contribution < 1.29 is 9.53 Å². The molecule has 0 saturated carbocycles. The van der Waals surface area contributed by atoms with Gasteiger partial charge < -0.3 is 9.30 Å². The Morgan fingerprint density at radius 2 is 2.13 bits per heavy atom. The lowest BCUT2D eigenvalue weighted by Crippen LogP contribution is -2.01. The monoisotopic (exact) mass is 308 g/mol. The van der Waals surface area contributed by atoms with E-state index in [-0.39, 0.29) is 5.97 Å². The Morgan fingerprint density at radius 3 is 2.83 bits per heavy atom. The number of nitrogens with zero attached hydrogens (tertiary/aromatic N) is 2. The van der Waals surface area contributed by atoms with Gasteiger partial charge in [0.25, 0.3) is 0 Å². The fourth-order valence-electron chi connectivity index (χ4n) is 3.09. The van der Waals surface area contributed by atoms with Gasteiger partial charge in [0.15, 0.2) is 0 Å². The average Bonchev–Trinajstić information content (AvgIpc) is 2.84. The van der Waals surface area contributed by atoms with Crippen LogP contribution in [0.15, 0.2) is 42.7 Å². The number of esters is 1. The molecule has 1 aromatic carbocycles. The topological polar surface area (TPSA) is 44.1 Å². The Kier molecular flexibility index (Phi) is 4.15. The lowest BCUT2D eigenvalue weighted by Gasteiger charge is -2.05. The number of hydrogen-bond donors (Lipinski definition) is 0. The summed E-state index contributed by atoms with van der Waals surface area (Å²) in [6.07, 6.45) is 4.77. The van der Waals surface area contributed by atoms with Crippen LogP contribution in [0, 0.1) is 6.92 Å². The third kappa shape index (κ3) is 2.84. The highest BCUT2D eigenvalue weighted by Crippen LogP contribution is 2.32. The predicted octanol–water partition coefficient (Wildman–Crippen LogP) is 3.65. The molecule has 4 heteroatoms. The summed E-state index contributed by atoms with van der Waals surface area (Å²) in [5, 5.41) is 1.22. The summed E-state index contributed by atoms with van der Waals surface area (Å²) in [6.45, 7) is 2.13. The van der Waals surface area contributed by atoms with E-state index in [0.29, 0.717) is 12.8 Å². The van der Waals surface area contributed by atoms with E-state index < -0.39 is 0 Å². The molecule has 4 nitrogen and oxygen atoms in total. The van der Waals surface area contributed by atoms with E-state index in [1.165, 1.54) is 29.3 Å². The van der Waals surface area contributed by atoms with Gasteiger partial charge in [0.1, 0.15) is 0 Å². The second-order valence-corrected chi connectivity index (χ2v) is 5.70. The van der Waals surface area contributed by atoms with Crippen LogP contribution in [0.5, 0.6) is 0 Å². The third-order valence-corrected chi connectivity index (χ3v) is 4.30. The zero-order valence-corrected chi connectivity index (χ0v) is 13.7. The zero-order chi connectivity index (χ0) is 16.4. The molecule has 0 bridgehead atoms. The highest BCUT2D eigenvalue weighted by molar-refractivity contribution is 5.91. The van der Waals surface area contributed by atoms with Crippen molar-refractivity contribution in [2.45, 2.75) is 19.8 Å². The van der Waals surface area contributed by atoms with Gasteiger partial charge in [0.2, 0.25) is 0 Å². The van der Waals surface area contributed by atoms with Crippen LogP contribution < -0.4 is 0 Å². The number of aromatic nitrogens is 2. The molecule has 0 aliphatic carbocycles. The number of rotatable bonds is 4. The summed E-state index contributed by atoms with van der Waals surface area (Å²) in [6, 6.07) is 10.4. The Bertz CT molecular complexity index is 851. The first kappa shape index (κ1) is 15.3. The molecule has 0 aliphatic rings. The molecule has 0 fully saturated rings. The van der Waals surface area contributed by atoms with Crippen LogP contribution in [0.25, 0.3) is 22.2 Å². The minimum Gasteiger partial charge on any atom is -0.469 e. The van der Waals surface area contributed by atoms with Gasteiger partial charge in [-0.15, -0.1) is 0 Å². The minimum atomic E-state index is -0.175. The number of hydrogen-bond acceptors (Lipinski definition) is 3. The first-order chi connectivity index (χ1) is 11.1. The normalized spacial score (nSPS) is 10.9. The van der Waals surface area contributed by atoms with Crippen molar-refractivity contribution >= 4 is 16.9 Å². The summed E-state index contributed by atoms with van der Waals surface area (Å²) in [4.78, 5) is 15.6. The smallest absolute Gasteiger partial charge is 0.305 e. The van der Waals surface area contributed by atoms with Gasteiger partial charge in [-0.3, -0.25) is 9.78 Å². The van der Waals surface area contributed by atoms with E-state index >= 15 is 0 Å². The Labute approximate surface area is 135 Å². The van der Waals surface area contributed by atoms with Crippen LogP contribution in [0.3, 0.4) is 0 Å². The SMILES string of the molecule is COC(=O)CCc1ccc2c(c1)c(C)c(-c1cccnc1)n2C. The van der Waals surface area contributed by atoms with Gasteiger partial charge in [-0.05, 0) is 48.7 Å². The number of fused-ring (bicyclic) bond motifs is 1. The molecule has 0 saturated heterocycles. The van der Waals surface area contributed by atoms with Crippen LogP contribution in [-0.2, 0) is 23.0 Å². The number of benzene rings is 1. The standard InChI is InChI=1S/C19H20N2O2/c1-13-16-11-14(7-9-18(22)23-3)6-8-17(16)21(2)19(13)15-5-4-10-20-12-15/h4-6,8,10-12H,7,9H2,1-3H3. The van der Waals surface area contributed by atoms with Crippen LogP contribution in [0.2, 0.25) is 0 Å². The Hall–Kier alpha value is -2.62. The molecular formula is C19H20N2O2. The molecule has 3 aromatic rings. The molecule has 2 heterocycles. The second-order valence-electron chi connectivity index (χ2n) is 5.70. The van der Waals surface area contributed by atoms with E-state index in [0.717, 1.165) is 11.1 Å². The number of carbonyl (C=O) groups is 1. The lowest BCUT2D eigenvalue weighted by molar-refractivity contribution is -0.140. The van der Waals surface area contributed by atoms with Crippen molar-refractivity contribution in [3.05, 3.63) is 53.9 Å². The first-order valence-corrected chi connectivity index (χ1v) is 7.67. The quantitative estimate of drug-likeness (QED) is 0.691. The maximum atomic E-state index is 11.3. The molecule has 118 valence electrons. The van der Waals surface area contributed by atoms with E-state index in [9.17, 15) is 4.79 Å². The van der Waals surface area contributed by atoms with Gasteiger partial charge in [-0.2, -0.15) is 0 Å². The molecule has 0 amide bonds. The molecule has 0 aliphatic heterocycles. The van der Waals surface area contributed by atoms with Crippen LogP contribution >= 0.6 is 0 Å². The average molecular weight is 308 g/mol. The van der Waals surface area contributed by atoms with E-state index in [1.54, 1.807) is 6.20 Å². The number of aryl methyl sites for hydroxylation is 3. The molecule has 2 aromatic heterocycles. The van der Waals surface area contributed by atoms with Gasteiger partial charge >= 0.3 is 5.97 Å². The second kappa shape index (κ2) is 6.24. The van der Waals surface area contributed by atoms with Crippen molar-refractivity contribution in [3.8, 4) is 11.3 Å². The Morgan fingerprint density at radius 1 is 1.30 bits per heavy atom. The predicted molar refractivity (Wildman–Crippen MR) is 91.2 cm³/mol. The summed E-state index contributed by atoms with van der Waals surface area (Å²) >= 11 is 0. The van der Waals surface area contributed by atoms with E-state index in [4.69, 9.17) is 4.74 Å². The molecule has 23 heavy (non-hydrogen) atoms. The summed E-state index contributed by atoms with van der Waals surface area (Å²) in [5.74, 6) is -0.175. The van der Waals surface area contributed by atoms with Crippen molar-refractivity contribution in [1.29, 1.82) is 0 Å². The maximum Gasteiger partial charge on any atom is 0.305 e. The fourth-order valence-corrected chi connectivity index (χ4v) is 3.09. The molecule has 0 radical (unpaired) electrons. The summed E-state index contributed by atoms with van der Waals surface area (Å²) in [7, 11) is 3.50. The summed E-state index contributed by atoms with van der Waals surface area (Å²) in [5.41, 5.74) is 5.85. The largest absolute Gasteiger partial charge is 0.469 e. The van der Waals surface area contributed by atoms with Crippen molar-refractivity contribution in [1.82, 2.24) is 9.55 Å². The van der Waals surface area contributed by atoms with Gasteiger partial charge in [0, 0.05) is 42.3 Å². The number of pyridine rings is 1. The highest BCUT2D eigenvalue weighted by atomic mass is 16.5. The van der Waals surface area contributed by atoms with E-state index in [2.05, 4.69) is 47.8 Å². The molecule has 0 N–H and O–H groups in total. The third-order valence-electron chi connectivity index (χ3n) is 4.30. The maximum absolute atomic E-state index is 11.3. The summed E-state index contributed by atoms with van der Waals surface area (Å²) < 4.78 is 6.91. The molecule has 0 unspecified atom stereocenters. The number of carbonyl (C=O) groups excluding carboxylic acids is 1. The van der Waals surface area contributed by atoms with Crippen molar-refractivity contribution in [2.75, 3.05) is 7.11 Å². The minimum absolute atomic E-state index is 0.175. The van der Waals surface area contributed by atoms with Crippen molar-refractivity contribution in [3.63, 3.8) is 0 Å². The molecule has 0 atom stereocenters. The molecular weight excluding hydrogens is 288 g/mol. The number of ether oxygens (including phenoxy) is 1. The molecule has 3 rings (SSSR count). The first-order valence-electron chi connectivity index (χ1n) is 7.67. The van der Waals surface area contributed by atoms with Gasteiger partial charge in [-0.25, -0.2) is 0 Å². The van der Waals surface area contributed by atoms with Crippen LogP contribution in [0.4, 0.5) is 0 Å². The molecule has 0 spiro atoms. The van der Waals surface area contributed by atoms with E-state index in [1.807, 2.05) is 12.3 Å². The van der Waals surface area contributed by atoms with Gasteiger partial charge in [-0.1, -0.05) is 6.07 Å². The van der Waals surface area contributed by atoms with Crippen LogP contribution in [-0.4, -0.2) is 22.6 Å². The van der Waals surface area contributed by atoms with Gasteiger partial charge in [0.05, 0.1) is 12.8 Å². The van der Waals surface area contributed by atoms with Crippen molar-refractivity contribution in [2.24, 2.45) is 7.05 Å². The van der Waals surface area contributed by atoms with Crippen LogP contribution in [0.1, 0.15) is 17.5 Å². The Balaban J connectivity index is 2.03. The number of methoxy groups -OCH3 is 1. The lowest BCUT2D eigenvalue weighted by atomic mass is 10.0.